The average Bonchev–Trinajstić information content (AvgIpc) is 2.37. The molecule has 1 unspecified atom stereocenters. The number of carbonyl (C=O) groups is 2. The quantitative estimate of drug-likeness (QED) is 0.786. The standard InChI is InChI=1S/C14H10O3S/c15-13-9(14(16)17)5-6-12-10(13)7-8-3-1-2-4-11(8)18-12/h1-6,9H,7H2,(H,16,17). The Balaban J connectivity index is 2.00. The number of carbonyl (C=O) groups excluding carboxylic acids is 1. The van der Waals surface area contributed by atoms with Gasteiger partial charge in [0.15, 0.2) is 5.78 Å². The fourth-order valence-electron chi connectivity index (χ4n) is 2.20. The van der Waals surface area contributed by atoms with Crippen molar-refractivity contribution in [3.05, 3.63) is 52.5 Å². The zero-order valence-corrected chi connectivity index (χ0v) is 10.2. The van der Waals surface area contributed by atoms with Gasteiger partial charge in [0.1, 0.15) is 5.92 Å². The van der Waals surface area contributed by atoms with Gasteiger partial charge in [0.05, 0.1) is 0 Å². The Morgan fingerprint density at radius 2 is 2.11 bits per heavy atom. The van der Waals surface area contributed by atoms with Crippen molar-refractivity contribution in [3.63, 3.8) is 0 Å². The van der Waals surface area contributed by atoms with Crippen LogP contribution >= 0.6 is 11.8 Å². The molecule has 0 saturated heterocycles. The predicted molar refractivity (Wildman–Crippen MR) is 68.3 cm³/mol. The fourth-order valence-corrected chi connectivity index (χ4v) is 3.30. The highest BCUT2D eigenvalue weighted by molar-refractivity contribution is 8.03. The van der Waals surface area contributed by atoms with E-state index in [-0.39, 0.29) is 5.78 Å². The molecule has 3 rings (SSSR count). The Kier molecular flexibility index (Phi) is 2.59. The maximum Gasteiger partial charge on any atom is 0.318 e. The van der Waals surface area contributed by atoms with Crippen LogP contribution in [0.2, 0.25) is 0 Å². The molecule has 1 heterocycles. The first-order valence-corrected chi connectivity index (χ1v) is 6.42. The first-order valence-electron chi connectivity index (χ1n) is 5.61. The normalized spacial score (nSPS) is 21.6. The van der Waals surface area contributed by atoms with Crippen LogP contribution in [0.3, 0.4) is 0 Å². The van der Waals surface area contributed by atoms with Gasteiger partial charge >= 0.3 is 5.97 Å². The van der Waals surface area contributed by atoms with E-state index in [0.29, 0.717) is 12.0 Å². The summed E-state index contributed by atoms with van der Waals surface area (Å²) in [5.41, 5.74) is 1.72. The van der Waals surface area contributed by atoms with Gasteiger partial charge in [-0.3, -0.25) is 9.59 Å². The van der Waals surface area contributed by atoms with Crippen LogP contribution in [0.1, 0.15) is 5.56 Å². The van der Waals surface area contributed by atoms with Gasteiger partial charge in [-0.2, -0.15) is 0 Å². The summed E-state index contributed by atoms with van der Waals surface area (Å²) < 4.78 is 0. The third-order valence-electron chi connectivity index (χ3n) is 3.14. The van der Waals surface area contributed by atoms with Crippen LogP contribution in [-0.4, -0.2) is 16.9 Å². The van der Waals surface area contributed by atoms with Crippen molar-refractivity contribution in [2.75, 3.05) is 0 Å². The van der Waals surface area contributed by atoms with Gasteiger partial charge in [0.25, 0.3) is 0 Å². The monoisotopic (exact) mass is 258 g/mol. The molecule has 0 bridgehead atoms. The smallest absolute Gasteiger partial charge is 0.318 e. The number of carboxylic acids is 1. The molecule has 0 fully saturated rings. The number of allylic oxidation sites excluding steroid dienone is 2. The minimum atomic E-state index is -1.08. The summed E-state index contributed by atoms with van der Waals surface area (Å²) in [5, 5.41) is 8.99. The van der Waals surface area contributed by atoms with Crippen LogP contribution in [0.25, 0.3) is 0 Å². The highest BCUT2D eigenvalue weighted by Gasteiger charge is 2.33. The van der Waals surface area contributed by atoms with Crippen molar-refractivity contribution in [1.82, 2.24) is 0 Å². The van der Waals surface area contributed by atoms with E-state index in [2.05, 4.69) is 0 Å². The van der Waals surface area contributed by atoms with Crippen LogP contribution in [0, 0.1) is 5.92 Å². The molecule has 0 spiro atoms. The second-order valence-electron chi connectivity index (χ2n) is 4.27. The zero-order chi connectivity index (χ0) is 12.7. The molecule has 1 N–H and O–H groups in total. The van der Waals surface area contributed by atoms with Crippen molar-refractivity contribution in [2.45, 2.75) is 11.3 Å². The topological polar surface area (TPSA) is 54.4 Å². The predicted octanol–water partition coefficient (Wildman–Crippen LogP) is 2.43. The Morgan fingerprint density at radius 3 is 2.89 bits per heavy atom. The van der Waals surface area contributed by atoms with E-state index < -0.39 is 11.9 Å². The molecule has 1 atom stereocenters. The Bertz CT molecular complexity index is 613. The van der Waals surface area contributed by atoms with Crippen molar-refractivity contribution < 1.29 is 14.7 Å². The Hall–Kier alpha value is -1.81. The molecular formula is C14H10O3S. The summed E-state index contributed by atoms with van der Waals surface area (Å²) in [7, 11) is 0. The number of rotatable bonds is 1. The molecule has 2 aliphatic rings. The molecule has 3 nitrogen and oxygen atoms in total. The van der Waals surface area contributed by atoms with E-state index in [4.69, 9.17) is 5.11 Å². The summed E-state index contributed by atoms with van der Waals surface area (Å²) in [4.78, 5) is 25.1. The summed E-state index contributed by atoms with van der Waals surface area (Å²) in [6, 6.07) is 7.90. The number of aliphatic carboxylic acids is 1. The molecule has 0 saturated carbocycles. The van der Waals surface area contributed by atoms with E-state index in [0.717, 1.165) is 15.4 Å². The van der Waals surface area contributed by atoms with E-state index >= 15 is 0 Å². The van der Waals surface area contributed by atoms with Crippen LogP contribution in [0.15, 0.2) is 51.8 Å². The van der Waals surface area contributed by atoms with Crippen molar-refractivity contribution in [3.8, 4) is 0 Å². The maximum absolute atomic E-state index is 12.1. The second kappa shape index (κ2) is 4.14. The van der Waals surface area contributed by atoms with Gasteiger partial charge in [-0.05, 0) is 11.6 Å². The number of thioether (sulfide) groups is 1. The van der Waals surface area contributed by atoms with E-state index in [1.54, 1.807) is 6.08 Å². The lowest BCUT2D eigenvalue weighted by Gasteiger charge is -2.24. The lowest BCUT2D eigenvalue weighted by atomic mass is 9.88. The zero-order valence-electron chi connectivity index (χ0n) is 9.42. The summed E-state index contributed by atoms with van der Waals surface area (Å²) >= 11 is 1.54. The number of Topliss-reactive ketones (excluding diaryl/α,β-unsaturated/α-hetero) is 1. The highest BCUT2D eigenvalue weighted by atomic mass is 32.2. The minimum absolute atomic E-state index is 0.276. The molecule has 0 radical (unpaired) electrons. The molecule has 18 heavy (non-hydrogen) atoms. The van der Waals surface area contributed by atoms with Crippen LogP contribution in [0.5, 0.6) is 0 Å². The number of hydrogen-bond acceptors (Lipinski definition) is 3. The van der Waals surface area contributed by atoms with Gasteiger partial charge in [-0.1, -0.05) is 42.1 Å². The summed E-state index contributed by atoms with van der Waals surface area (Å²) in [6.07, 6.45) is 3.77. The molecule has 1 aliphatic heterocycles. The summed E-state index contributed by atoms with van der Waals surface area (Å²) in [6.45, 7) is 0. The number of carboxylic acid groups (broad SMARTS) is 1. The Morgan fingerprint density at radius 1 is 1.33 bits per heavy atom. The van der Waals surface area contributed by atoms with Gasteiger partial charge in [-0.25, -0.2) is 0 Å². The SMILES string of the molecule is O=C(O)C1C=CC2=C(Cc3ccccc3S2)C1=O. The van der Waals surface area contributed by atoms with Crippen molar-refractivity contribution in [2.24, 2.45) is 5.92 Å². The average molecular weight is 258 g/mol. The van der Waals surface area contributed by atoms with Crippen molar-refractivity contribution in [1.29, 1.82) is 0 Å². The van der Waals surface area contributed by atoms with Crippen LogP contribution < -0.4 is 0 Å². The maximum atomic E-state index is 12.1. The minimum Gasteiger partial charge on any atom is -0.480 e. The summed E-state index contributed by atoms with van der Waals surface area (Å²) in [5.74, 6) is -2.37. The molecule has 1 aromatic rings. The van der Waals surface area contributed by atoms with Gasteiger partial charge in [0.2, 0.25) is 0 Å². The van der Waals surface area contributed by atoms with Gasteiger partial charge in [-0.15, -0.1) is 0 Å². The second-order valence-corrected chi connectivity index (χ2v) is 5.35. The van der Waals surface area contributed by atoms with Gasteiger partial charge in [0, 0.05) is 21.8 Å². The largest absolute Gasteiger partial charge is 0.480 e. The first-order chi connectivity index (χ1) is 8.66. The van der Waals surface area contributed by atoms with E-state index in [1.807, 2.05) is 24.3 Å². The van der Waals surface area contributed by atoms with Gasteiger partial charge < -0.3 is 5.11 Å². The number of ketones is 1. The number of benzene rings is 1. The molecule has 0 amide bonds. The molecule has 0 aromatic heterocycles. The highest BCUT2D eigenvalue weighted by Crippen LogP contribution is 2.41. The Labute approximate surface area is 108 Å². The number of hydrogen-bond donors (Lipinski definition) is 1. The van der Waals surface area contributed by atoms with Crippen LogP contribution in [-0.2, 0) is 16.0 Å². The number of fused-ring (bicyclic) bond motifs is 1. The van der Waals surface area contributed by atoms with Crippen molar-refractivity contribution >= 4 is 23.5 Å². The molecule has 1 aromatic carbocycles. The molecular weight excluding hydrogens is 248 g/mol. The lowest BCUT2D eigenvalue weighted by Crippen LogP contribution is -2.27. The molecule has 4 heteroatoms. The third-order valence-corrected chi connectivity index (χ3v) is 4.36. The molecule has 1 aliphatic carbocycles. The lowest BCUT2D eigenvalue weighted by molar-refractivity contribution is -0.143. The van der Waals surface area contributed by atoms with E-state index in [9.17, 15) is 9.59 Å². The van der Waals surface area contributed by atoms with Crippen LogP contribution in [0.4, 0.5) is 0 Å². The van der Waals surface area contributed by atoms with E-state index in [1.165, 1.54) is 17.8 Å². The third kappa shape index (κ3) is 1.69. The fraction of sp³-hybridized carbons (Fsp3) is 0.143. The molecule has 90 valence electrons. The first kappa shape index (κ1) is 11.3.